The molecule has 0 saturated carbocycles. The van der Waals surface area contributed by atoms with Crippen molar-refractivity contribution in [3.63, 3.8) is 0 Å². The van der Waals surface area contributed by atoms with Gasteiger partial charge in [0.25, 0.3) is 5.91 Å². The molecule has 0 spiro atoms. The third-order valence-corrected chi connectivity index (χ3v) is 3.45. The Morgan fingerprint density at radius 1 is 1.12 bits per heavy atom. The van der Waals surface area contributed by atoms with E-state index in [1.54, 1.807) is 18.2 Å². The topological polar surface area (TPSA) is 87.3 Å². The van der Waals surface area contributed by atoms with Crippen molar-refractivity contribution in [1.29, 1.82) is 0 Å². The van der Waals surface area contributed by atoms with E-state index in [0.29, 0.717) is 5.56 Å². The highest BCUT2D eigenvalue weighted by Crippen LogP contribution is 2.07. The summed E-state index contributed by atoms with van der Waals surface area (Å²) in [5.41, 5.74) is 1.11. The van der Waals surface area contributed by atoms with Crippen molar-refractivity contribution in [3.8, 4) is 0 Å². The van der Waals surface area contributed by atoms with E-state index in [0.717, 1.165) is 5.56 Å². The van der Waals surface area contributed by atoms with E-state index in [1.807, 2.05) is 47.6 Å². The first kappa shape index (κ1) is 20.7. The van der Waals surface area contributed by atoms with Gasteiger partial charge in [-0.25, -0.2) is 0 Å². The lowest BCUT2D eigenvalue weighted by atomic mass is 10.0. The summed E-state index contributed by atoms with van der Waals surface area (Å²) in [5, 5.41) is 8.11. The Balaban J connectivity index is 2.68. The molecule has 3 amide bonds. The number of benzene rings is 1. The van der Waals surface area contributed by atoms with Gasteiger partial charge >= 0.3 is 0 Å². The second-order valence-corrected chi connectivity index (χ2v) is 7.58. The Bertz CT molecular complexity index is 633. The molecule has 0 saturated heterocycles. The second-order valence-electron chi connectivity index (χ2n) is 7.58. The van der Waals surface area contributed by atoms with Gasteiger partial charge in [-0.05, 0) is 45.7 Å². The maximum absolute atomic E-state index is 12.4. The monoisotopic (exact) mass is 347 g/mol. The van der Waals surface area contributed by atoms with Gasteiger partial charge in [0, 0.05) is 11.1 Å². The number of hydrogen-bond donors (Lipinski definition) is 3. The molecule has 0 heterocycles. The zero-order valence-electron chi connectivity index (χ0n) is 15.9. The summed E-state index contributed by atoms with van der Waals surface area (Å²) in [5.74, 6) is -1.07. The van der Waals surface area contributed by atoms with Crippen molar-refractivity contribution in [2.45, 2.75) is 53.1 Å². The number of rotatable bonds is 6. The van der Waals surface area contributed by atoms with Crippen molar-refractivity contribution in [3.05, 3.63) is 35.4 Å². The van der Waals surface area contributed by atoms with Crippen LogP contribution in [0.2, 0.25) is 0 Å². The molecule has 0 radical (unpaired) electrons. The van der Waals surface area contributed by atoms with Crippen molar-refractivity contribution < 1.29 is 14.4 Å². The fraction of sp³-hybridized carbons (Fsp3) is 0.526. The molecule has 6 nitrogen and oxygen atoms in total. The quantitative estimate of drug-likeness (QED) is 0.733. The zero-order chi connectivity index (χ0) is 19.2. The molecule has 1 atom stereocenters. The van der Waals surface area contributed by atoms with E-state index in [2.05, 4.69) is 16.0 Å². The van der Waals surface area contributed by atoms with Crippen molar-refractivity contribution >= 4 is 17.7 Å². The number of nitrogens with one attached hydrogen (secondary N) is 3. The van der Waals surface area contributed by atoms with Gasteiger partial charge in [-0.15, -0.1) is 0 Å². The standard InChI is InChI=1S/C19H29N3O3/c1-12(2)16(18(25)20-11-15(23)22-19(4,5)6)21-17(24)14-9-7-8-13(3)10-14/h7-10,12,16H,11H2,1-6H3,(H,20,25)(H,21,24)(H,22,23)/t16-/m0/s1. The molecule has 1 aromatic carbocycles. The SMILES string of the molecule is Cc1cccc(C(=O)N[C@H](C(=O)NCC(=O)NC(C)(C)C)C(C)C)c1. The highest BCUT2D eigenvalue weighted by Gasteiger charge is 2.25. The molecule has 0 unspecified atom stereocenters. The lowest BCUT2D eigenvalue weighted by Crippen LogP contribution is -2.52. The lowest BCUT2D eigenvalue weighted by Gasteiger charge is -2.23. The van der Waals surface area contributed by atoms with Crippen LogP contribution in [-0.4, -0.2) is 35.8 Å². The average Bonchev–Trinajstić information content (AvgIpc) is 2.48. The van der Waals surface area contributed by atoms with Crippen LogP contribution in [0.5, 0.6) is 0 Å². The van der Waals surface area contributed by atoms with Crippen LogP contribution in [0.4, 0.5) is 0 Å². The minimum absolute atomic E-state index is 0.112. The maximum Gasteiger partial charge on any atom is 0.251 e. The fourth-order valence-electron chi connectivity index (χ4n) is 2.29. The molecule has 138 valence electrons. The first-order valence-corrected chi connectivity index (χ1v) is 8.46. The minimum Gasteiger partial charge on any atom is -0.350 e. The summed E-state index contributed by atoms with van der Waals surface area (Å²) in [4.78, 5) is 36.6. The highest BCUT2D eigenvalue weighted by atomic mass is 16.2. The number of carbonyl (C=O) groups is 3. The number of amides is 3. The van der Waals surface area contributed by atoms with Crippen LogP contribution in [0.15, 0.2) is 24.3 Å². The van der Waals surface area contributed by atoms with Crippen LogP contribution in [0.25, 0.3) is 0 Å². The number of hydrogen-bond acceptors (Lipinski definition) is 3. The largest absolute Gasteiger partial charge is 0.350 e. The Morgan fingerprint density at radius 3 is 2.28 bits per heavy atom. The van der Waals surface area contributed by atoms with Gasteiger partial charge in [-0.1, -0.05) is 31.5 Å². The Hall–Kier alpha value is -2.37. The molecule has 0 aliphatic heterocycles. The summed E-state index contributed by atoms with van der Waals surface area (Å²) >= 11 is 0. The molecule has 1 rings (SSSR count). The van der Waals surface area contributed by atoms with Crippen molar-refractivity contribution in [2.75, 3.05) is 6.54 Å². The molecular formula is C19H29N3O3. The Labute approximate surface area is 149 Å². The molecule has 3 N–H and O–H groups in total. The molecule has 0 bridgehead atoms. The molecular weight excluding hydrogens is 318 g/mol. The summed E-state index contributed by atoms with van der Waals surface area (Å²) in [7, 11) is 0. The number of carbonyl (C=O) groups excluding carboxylic acids is 3. The van der Waals surface area contributed by atoms with Gasteiger partial charge in [0.1, 0.15) is 6.04 Å². The smallest absolute Gasteiger partial charge is 0.251 e. The van der Waals surface area contributed by atoms with E-state index < -0.39 is 6.04 Å². The molecule has 0 aliphatic rings. The second kappa shape index (κ2) is 8.65. The molecule has 0 aromatic heterocycles. The van der Waals surface area contributed by atoms with Crippen LogP contribution in [-0.2, 0) is 9.59 Å². The van der Waals surface area contributed by atoms with Crippen LogP contribution >= 0.6 is 0 Å². The maximum atomic E-state index is 12.4. The Kier molecular flexibility index (Phi) is 7.15. The summed E-state index contributed by atoms with van der Waals surface area (Å²) in [6.45, 7) is 11.1. The van der Waals surface area contributed by atoms with Gasteiger partial charge in [-0.2, -0.15) is 0 Å². The van der Waals surface area contributed by atoms with Gasteiger partial charge in [-0.3, -0.25) is 14.4 Å². The minimum atomic E-state index is -0.713. The summed E-state index contributed by atoms with van der Waals surface area (Å²) in [6.07, 6.45) is 0. The van der Waals surface area contributed by atoms with E-state index >= 15 is 0 Å². The van der Waals surface area contributed by atoms with Crippen LogP contribution in [0.1, 0.15) is 50.5 Å². The van der Waals surface area contributed by atoms with E-state index in [1.165, 1.54) is 0 Å². The Morgan fingerprint density at radius 2 is 1.76 bits per heavy atom. The predicted molar refractivity (Wildman–Crippen MR) is 98.2 cm³/mol. The molecule has 0 aliphatic carbocycles. The third kappa shape index (κ3) is 7.37. The van der Waals surface area contributed by atoms with Gasteiger partial charge in [0.2, 0.25) is 11.8 Å². The normalized spacial score (nSPS) is 12.4. The first-order valence-electron chi connectivity index (χ1n) is 8.46. The first-order chi connectivity index (χ1) is 11.5. The molecule has 6 heteroatoms. The zero-order valence-corrected chi connectivity index (χ0v) is 15.9. The van der Waals surface area contributed by atoms with E-state index in [9.17, 15) is 14.4 Å². The van der Waals surface area contributed by atoms with Gasteiger partial charge in [0.05, 0.1) is 6.54 Å². The molecule has 25 heavy (non-hydrogen) atoms. The predicted octanol–water partition coefficient (Wildman–Crippen LogP) is 1.78. The fourth-order valence-corrected chi connectivity index (χ4v) is 2.29. The van der Waals surface area contributed by atoms with Crippen LogP contribution < -0.4 is 16.0 Å². The highest BCUT2D eigenvalue weighted by molar-refractivity contribution is 5.98. The van der Waals surface area contributed by atoms with Crippen LogP contribution in [0.3, 0.4) is 0 Å². The van der Waals surface area contributed by atoms with Crippen molar-refractivity contribution in [2.24, 2.45) is 5.92 Å². The van der Waals surface area contributed by atoms with Gasteiger partial charge in [0.15, 0.2) is 0 Å². The average molecular weight is 347 g/mol. The van der Waals surface area contributed by atoms with Crippen LogP contribution in [0, 0.1) is 12.8 Å². The summed E-state index contributed by atoms with van der Waals surface area (Å²) < 4.78 is 0. The van der Waals surface area contributed by atoms with E-state index in [4.69, 9.17) is 0 Å². The van der Waals surface area contributed by atoms with E-state index in [-0.39, 0.29) is 35.7 Å². The third-order valence-electron chi connectivity index (χ3n) is 3.45. The number of aryl methyl sites for hydroxylation is 1. The lowest BCUT2D eigenvalue weighted by molar-refractivity contribution is -0.128. The van der Waals surface area contributed by atoms with Crippen molar-refractivity contribution in [1.82, 2.24) is 16.0 Å². The van der Waals surface area contributed by atoms with Gasteiger partial charge < -0.3 is 16.0 Å². The molecule has 1 aromatic rings. The molecule has 0 fully saturated rings. The summed E-state index contributed by atoms with van der Waals surface area (Å²) in [6, 6.07) is 6.45.